The van der Waals surface area contributed by atoms with Crippen LogP contribution >= 0.6 is 39.5 Å². The number of benzene rings is 1. The minimum atomic E-state index is -0.0224. The number of aromatic nitrogens is 1. The smallest absolute Gasteiger partial charge is 0.174 e. The highest BCUT2D eigenvalue weighted by atomic mass is 79.9. The second-order valence-electron chi connectivity index (χ2n) is 6.82. The third-order valence-corrected chi connectivity index (χ3v) is 6.54. The van der Waals surface area contributed by atoms with Gasteiger partial charge in [-0.2, -0.15) is 0 Å². The molecule has 1 saturated heterocycles. The summed E-state index contributed by atoms with van der Waals surface area (Å²) >= 11 is 11.0. The van der Waals surface area contributed by atoms with E-state index in [1.807, 2.05) is 50.4 Å². The van der Waals surface area contributed by atoms with Gasteiger partial charge in [-0.25, -0.2) is 0 Å². The molecule has 1 N–H and O–H groups in total. The van der Waals surface area contributed by atoms with Gasteiger partial charge in [0.05, 0.1) is 23.9 Å². The van der Waals surface area contributed by atoms with Crippen LogP contribution in [0.1, 0.15) is 36.5 Å². The van der Waals surface area contributed by atoms with E-state index in [1.54, 1.807) is 11.3 Å². The lowest BCUT2D eigenvalue weighted by Crippen LogP contribution is -2.29. The molecule has 3 aromatic rings. The van der Waals surface area contributed by atoms with Gasteiger partial charge in [0.2, 0.25) is 0 Å². The lowest BCUT2D eigenvalue weighted by Gasteiger charge is -2.27. The molecule has 144 valence electrons. The Labute approximate surface area is 182 Å². The molecule has 2 atom stereocenters. The number of hydrogen-bond acceptors (Lipinski definition) is 4. The molecule has 0 saturated carbocycles. The number of rotatable bonds is 5. The minimum Gasteiger partial charge on any atom is -0.491 e. The van der Waals surface area contributed by atoms with Gasteiger partial charge in [-0.05, 0) is 84.5 Å². The van der Waals surface area contributed by atoms with E-state index in [4.69, 9.17) is 17.0 Å². The van der Waals surface area contributed by atoms with Crippen molar-refractivity contribution in [2.24, 2.45) is 0 Å². The normalized spacial score (nSPS) is 19.1. The van der Waals surface area contributed by atoms with Gasteiger partial charge < -0.3 is 15.0 Å². The van der Waals surface area contributed by atoms with Crippen LogP contribution < -0.4 is 15.0 Å². The summed E-state index contributed by atoms with van der Waals surface area (Å²) in [7, 11) is 0. The second-order valence-corrected chi connectivity index (χ2v) is 9.07. The molecule has 0 aliphatic carbocycles. The first kappa shape index (κ1) is 19.4. The van der Waals surface area contributed by atoms with Gasteiger partial charge in [0, 0.05) is 26.6 Å². The van der Waals surface area contributed by atoms with Crippen LogP contribution in [0.2, 0.25) is 0 Å². The summed E-state index contributed by atoms with van der Waals surface area (Å²) in [5.74, 6) is 0.855. The summed E-state index contributed by atoms with van der Waals surface area (Å²) in [6, 6.07) is 16.2. The molecular formula is C21H20BrN3OS2. The number of pyridine rings is 1. The highest BCUT2D eigenvalue weighted by Crippen LogP contribution is 2.44. The van der Waals surface area contributed by atoms with Gasteiger partial charge >= 0.3 is 0 Å². The standard InChI is InChI=1S/C21H20BrN3OS2/c1-13(2)26-16-8-6-15(7-9-16)25-20(18-11-14(22)12-28-18)19(24-21(25)27)17-5-3-4-10-23-17/h3-13,19-20H,1-2H3,(H,24,27)/t19-,20-/m1/s1. The van der Waals surface area contributed by atoms with E-state index >= 15 is 0 Å². The number of thiophene rings is 1. The third-order valence-electron chi connectivity index (χ3n) is 4.46. The SMILES string of the molecule is CC(C)Oc1ccc(N2C(=S)N[C@H](c3ccccn3)[C@H]2c2cc(Br)cs2)cc1. The van der Waals surface area contributed by atoms with Crippen LogP contribution in [0.3, 0.4) is 0 Å². The molecule has 2 aromatic heterocycles. The zero-order chi connectivity index (χ0) is 19.7. The number of anilines is 1. The monoisotopic (exact) mass is 473 g/mol. The Morgan fingerprint density at radius 1 is 1.21 bits per heavy atom. The van der Waals surface area contributed by atoms with Crippen molar-refractivity contribution in [3.05, 3.63) is 75.2 Å². The fraction of sp³-hybridized carbons (Fsp3) is 0.238. The average Bonchev–Trinajstić information content (AvgIpc) is 3.26. The van der Waals surface area contributed by atoms with Crippen LogP contribution in [0, 0.1) is 0 Å². The maximum absolute atomic E-state index is 5.78. The van der Waals surface area contributed by atoms with Crippen LogP contribution in [0.4, 0.5) is 5.69 Å². The number of nitrogens with zero attached hydrogens (tertiary/aromatic N) is 2. The quantitative estimate of drug-likeness (QED) is 0.468. The fourth-order valence-electron chi connectivity index (χ4n) is 3.36. The Kier molecular flexibility index (Phi) is 5.66. The molecule has 1 fully saturated rings. The Hall–Kier alpha value is -1.96. The molecule has 0 amide bonds. The van der Waals surface area contributed by atoms with Crippen molar-refractivity contribution in [1.82, 2.24) is 10.3 Å². The number of nitrogens with one attached hydrogen (secondary N) is 1. The molecule has 0 bridgehead atoms. The molecule has 1 aliphatic heterocycles. The van der Waals surface area contributed by atoms with Gasteiger partial charge in [0.1, 0.15) is 5.75 Å². The molecular weight excluding hydrogens is 454 g/mol. The highest BCUT2D eigenvalue weighted by molar-refractivity contribution is 9.10. The molecule has 7 heteroatoms. The Morgan fingerprint density at radius 3 is 2.61 bits per heavy atom. The number of ether oxygens (including phenoxy) is 1. The summed E-state index contributed by atoms with van der Waals surface area (Å²) < 4.78 is 6.86. The maximum atomic E-state index is 5.78. The lowest BCUT2D eigenvalue weighted by atomic mass is 10.0. The zero-order valence-electron chi connectivity index (χ0n) is 15.5. The van der Waals surface area contributed by atoms with Crippen LogP contribution in [0.25, 0.3) is 0 Å². The van der Waals surface area contributed by atoms with Crippen molar-refractivity contribution in [3.8, 4) is 5.75 Å². The first-order valence-corrected chi connectivity index (χ1v) is 11.1. The Morgan fingerprint density at radius 2 is 2.00 bits per heavy atom. The third kappa shape index (κ3) is 3.92. The predicted octanol–water partition coefficient (Wildman–Crippen LogP) is 5.87. The number of thiocarbonyl (C=S) groups is 1. The van der Waals surface area contributed by atoms with E-state index < -0.39 is 0 Å². The molecule has 4 nitrogen and oxygen atoms in total. The van der Waals surface area contributed by atoms with Crippen molar-refractivity contribution < 1.29 is 4.74 Å². The highest BCUT2D eigenvalue weighted by Gasteiger charge is 2.41. The summed E-state index contributed by atoms with van der Waals surface area (Å²) in [6.07, 6.45) is 1.97. The molecule has 28 heavy (non-hydrogen) atoms. The van der Waals surface area contributed by atoms with Gasteiger partial charge in [-0.1, -0.05) is 6.07 Å². The van der Waals surface area contributed by atoms with E-state index in [9.17, 15) is 0 Å². The van der Waals surface area contributed by atoms with Gasteiger partial charge in [-0.15, -0.1) is 11.3 Å². The summed E-state index contributed by atoms with van der Waals surface area (Å²) in [6.45, 7) is 4.05. The van der Waals surface area contributed by atoms with Crippen molar-refractivity contribution in [3.63, 3.8) is 0 Å². The van der Waals surface area contributed by atoms with E-state index in [0.29, 0.717) is 5.11 Å². The molecule has 0 unspecified atom stereocenters. The van der Waals surface area contributed by atoms with Crippen molar-refractivity contribution in [2.45, 2.75) is 32.0 Å². The summed E-state index contributed by atoms with van der Waals surface area (Å²) in [4.78, 5) is 7.97. The molecule has 4 rings (SSSR count). The molecule has 0 spiro atoms. The average molecular weight is 474 g/mol. The fourth-order valence-corrected chi connectivity index (χ4v) is 5.28. The van der Waals surface area contributed by atoms with Crippen LogP contribution in [-0.4, -0.2) is 16.2 Å². The van der Waals surface area contributed by atoms with E-state index in [-0.39, 0.29) is 18.2 Å². The largest absolute Gasteiger partial charge is 0.491 e. The van der Waals surface area contributed by atoms with E-state index in [2.05, 4.69) is 54.7 Å². The van der Waals surface area contributed by atoms with Crippen LogP contribution in [-0.2, 0) is 0 Å². The Bertz CT molecular complexity index is 959. The van der Waals surface area contributed by atoms with Crippen molar-refractivity contribution >= 4 is 50.3 Å². The summed E-state index contributed by atoms with van der Waals surface area (Å²) in [5.41, 5.74) is 2.00. The number of hydrogen-bond donors (Lipinski definition) is 1. The molecule has 0 radical (unpaired) electrons. The summed E-state index contributed by atoms with van der Waals surface area (Å²) in [5, 5.41) is 6.28. The van der Waals surface area contributed by atoms with Gasteiger partial charge in [0.15, 0.2) is 5.11 Å². The minimum absolute atomic E-state index is 0.0224. The maximum Gasteiger partial charge on any atom is 0.174 e. The lowest BCUT2D eigenvalue weighted by molar-refractivity contribution is 0.242. The zero-order valence-corrected chi connectivity index (χ0v) is 18.7. The first-order chi connectivity index (χ1) is 13.5. The molecule has 1 aromatic carbocycles. The molecule has 3 heterocycles. The van der Waals surface area contributed by atoms with Crippen molar-refractivity contribution in [1.29, 1.82) is 0 Å². The van der Waals surface area contributed by atoms with Crippen LogP contribution in [0.5, 0.6) is 5.75 Å². The topological polar surface area (TPSA) is 37.4 Å². The predicted molar refractivity (Wildman–Crippen MR) is 122 cm³/mol. The first-order valence-electron chi connectivity index (χ1n) is 9.04. The Balaban J connectivity index is 1.73. The van der Waals surface area contributed by atoms with E-state index in [1.165, 1.54) is 4.88 Å². The van der Waals surface area contributed by atoms with E-state index in [0.717, 1.165) is 21.6 Å². The second kappa shape index (κ2) is 8.19. The van der Waals surface area contributed by atoms with Crippen LogP contribution in [0.15, 0.2) is 64.6 Å². The van der Waals surface area contributed by atoms with Gasteiger partial charge in [-0.3, -0.25) is 4.98 Å². The van der Waals surface area contributed by atoms with Crippen molar-refractivity contribution in [2.75, 3.05) is 4.90 Å². The van der Waals surface area contributed by atoms with Gasteiger partial charge in [0.25, 0.3) is 0 Å². The molecule has 1 aliphatic rings. The number of halogens is 1.